The van der Waals surface area contributed by atoms with Gasteiger partial charge in [0.2, 0.25) is 12.1 Å². The molecule has 0 aliphatic carbocycles. The number of hydrogen-bond donors (Lipinski definition) is 1. The third-order valence-electron chi connectivity index (χ3n) is 6.19. The number of aromatic nitrogens is 2. The van der Waals surface area contributed by atoms with Crippen LogP contribution in [-0.2, 0) is 16.1 Å². The molecule has 3 aromatic rings. The number of nitrogens with zero attached hydrogens (tertiary/aromatic N) is 2. The van der Waals surface area contributed by atoms with Crippen LogP contribution in [0.25, 0.3) is 5.76 Å². The highest BCUT2D eigenvalue weighted by molar-refractivity contribution is 6.46. The van der Waals surface area contributed by atoms with Crippen LogP contribution in [0.5, 0.6) is 17.2 Å². The van der Waals surface area contributed by atoms with Crippen molar-refractivity contribution in [3.63, 3.8) is 0 Å². The zero-order valence-electron chi connectivity index (χ0n) is 19.2. The number of methoxy groups -OCH3 is 1. The minimum Gasteiger partial charge on any atom is -0.872 e. The maximum atomic E-state index is 13.7. The summed E-state index contributed by atoms with van der Waals surface area (Å²) in [6.45, 7) is 1.74. The average molecular weight is 476 g/mol. The molecule has 1 unspecified atom stereocenters. The molecule has 1 atom stereocenters. The molecule has 0 radical (unpaired) electrons. The number of nitrogens with one attached hydrogen (secondary N) is 1. The van der Waals surface area contributed by atoms with Crippen molar-refractivity contribution in [2.75, 3.05) is 26.9 Å². The topological polar surface area (TPSA) is 108 Å². The van der Waals surface area contributed by atoms with Gasteiger partial charge in [-0.05, 0) is 23.8 Å². The molecule has 180 valence electrons. The van der Waals surface area contributed by atoms with E-state index in [0.717, 1.165) is 0 Å². The van der Waals surface area contributed by atoms with Gasteiger partial charge in [0.05, 0.1) is 19.7 Å². The number of imidazole rings is 1. The first kappa shape index (κ1) is 22.5. The van der Waals surface area contributed by atoms with Gasteiger partial charge in [-0.25, -0.2) is 4.57 Å². The molecule has 1 saturated heterocycles. The summed E-state index contributed by atoms with van der Waals surface area (Å²) < 4.78 is 18.6. The van der Waals surface area contributed by atoms with Crippen molar-refractivity contribution >= 4 is 17.4 Å². The van der Waals surface area contributed by atoms with Crippen LogP contribution in [-0.4, -0.2) is 48.4 Å². The maximum absolute atomic E-state index is 13.7. The highest BCUT2D eigenvalue weighted by Gasteiger charge is 2.45. The second kappa shape index (κ2) is 9.54. The van der Waals surface area contributed by atoms with Gasteiger partial charge in [0.1, 0.15) is 31.4 Å². The van der Waals surface area contributed by atoms with Crippen LogP contribution in [0.2, 0.25) is 0 Å². The van der Waals surface area contributed by atoms with Crippen LogP contribution >= 0.6 is 0 Å². The summed E-state index contributed by atoms with van der Waals surface area (Å²) in [5.41, 5.74) is 0.755. The number of para-hydroxylation sites is 1. The van der Waals surface area contributed by atoms with Gasteiger partial charge in [0.15, 0.2) is 11.5 Å². The highest BCUT2D eigenvalue weighted by Crippen LogP contribution is 2.43. The maximum Gasteiger partial charge on any atom is 0.295 e. The Balaban J connectivity index is 1.56. The zero-order chi connectivity index (χ0) is 24.4. The summed E-state index contributed by atoms with van der Waals surface area (Å²) in [5.74, 6) is -0.530. The molecular formula is C26H25N3O6. The average Bonchev–Trinajstić information content (AvgIpc) is 3.50. The molecule has 0 saturated carbocycles. The first-order valence-corrected chi connectivity index (χ1v) is 11.4. The third kappa shape index (κ3) is 4.21. The fraction of sp³-hybridized carbons (Fsp3) is 0.269. The summed E-state index contributed by atoms with van der Waals surface area (Å²) in [7, 11) is 1.52. The third-order valence-corrected chi connectivity index (χ3v) is 6.19. The van der Waals surface area contributed by atoms with E-state index in [1.165, 1.54) is 12.0 Å². The van der Waals surface area contributed by atoms with Crippen molar-refractivity contribution in [3.8, 4) is 17.2 Å². The molecule has 9 heteroatoms. The van der Waals surface area contributed by atoms with Crippen molar-refractivity contribution in [1.29, 1.82) is 0 Å². The first-order chi connectivity index (χ1) is 17.1. The molecule has 1 N–H and O–H groups in total. The van der Waals surface area contributed by atoms with Gasteiger partial charge >= 0.3 is 0 Å². The molecule has 5 rings (SSSR count). The lowest BCUT2D eigenvalue weighted by Crippen LogP contribution is -2.36. The lowest BCUT2D eigenvalue weighted by molar-refractivity contribution is -0.695. The number of likely N-dealkylation sites (tertiary alicyclic amines) is 1. The van der Waals surface area contributed by atoms with E-state index < -0.39 is 23.5 Å². The summed E-state index contributed by atoms with van der Waals surface area (Å²) in [6.07, 6.45) is 6.11. The molecule has 2 aliphatic rings. The lowest BCUT2D eigenvalue weighted by atomic mass is 9.94. The number of fused-ring (bicyclic) bond motifs is 1. The molecule has 0 spiro atoms. The smallest absolute Gasteiger partial charge is 0.295 e. The van der Waals surface area contributed by atoms with Crippen LogP contribution in [0.3, 0.4) is 0 Å². The van der Waals surface area contributed by atoms with Gasteiger partial charge in [-0.2, -0.15) is 0 Å². The van der Waals surface area contributed by atoms with Crippen molar-refractivity contribution in [1.82, 2.24) is 9.88 Å². The molecule has 0 bridgehead atoms. The van der Waals surface area contributed by atoms with Crippen LogP contribution in [0.1, 0.15) is 23.6 Å². The van der Waals surface area contributed by atoms with E-state index in [0.29, 0.717) is 55.5 Å². The number of benzene rings is 2. The van der Waals surface area contributed by atoms with Gasteiger partial charge < -0.3 is 24.2 Å². The van der Waals surface area contributed by atoms with E-state index in [9.17, 15) is 14.7 Å². The standard InChI is InChI=1S/C26H25N3O6/c1-33-19-6-3-2-5-18(19)23-22(24(30)17-7-8-20-21(15-17)35-14-13-34-20)25(31)26(32)29(23)11-4-10-28-12-9-27-16-28/h2-3,5-9,12,15-16,23H,4,10-11,13-14H2,1H3,(H,30,31). The summed E-state index contributed by atoms with van der Waals surface area (Å²) in [6, 6.07) is 11.1. The highest BCUT2D eigenvalue weighted by atomic mass is 16.6. The van der Waals surface area contributed by atoms with Crippen molar-refractivity contribution in [2.45, 2.75) is 19.0 Å². The number of ether oxygens (including phenoxy) is 3. The quantitative estimate of drug-likeness (QED) is 0.240. The number of carbonyl (C=O) groups excluding carboxylic acids is 2. The monoisotopic (exact) mass is 475 g/mol. The van der Waals surface area contributed by atoms with E-state index in [2.05, 4.69) is 4.98 Å². The molecule has 3 heterocycles. The molecule has 2 aromatic carbocycles. The number of Topliss-reactive ketones (excluding diaryl/α,β-unsaturated/α-hetero) is 1. The number of aryl methyl sites for hydroxylation is 1. The van der Waals surface area contributed by atoms with E-state index in [1.54, 1.807) is 48.7 Å². The Morgan fingerprint density at radius 3 is 2.74 bits per heavy atom. The number of amides is 1. The van der Waals surface area contributed by atoms with E-state index in [4.69, 9.17) is 14.2 Å². The fourth-order valence-corrected chi connectivity index (χ4v) is 4.54. The van der Waals surface area contributed by atoms with Crippen LogP contribution in [0.15, 0.2) is 66.8 Å². The van der Waals surface area contributed by atoms with Gasteiger partial charge in [0, 0.05) is 24.1 Å². The number of ketones is 1. The van der Waals surface area contributed by atoms with Crippen LogP contribution < -0.4 is 23.9 Å². The Hall–Kier alpha value is -4.27. The molecule has 35 heavy (non-hydrogen) atoms. The van der Waals surface area contributed by atoms with Gasteiger partial charge in [-0.15, -0.1) is 0 Å². The SMILES string of the molecule is COc1ccccc1C1C(=C([O-])c2ccc3c(c2)OCCO3)C(=O)C(=O)N1CCC[n+]1cc[nH]c1. The molecule has 2 aliphatic heterocycles. The number of H-pyrrole nitrogens is 1. The Kier molecular flexibility index (Phi) is 6.13. The Morgan fingerprint density at radius 1 is 1.17 bits per heavy atom. The van der Waals surface area contributed by atoms with Gasteiger partial charge in [-0.3, -0.25) is 14.6 Å². The molecule has 9 nitrogen and oxygen atoms in total. The minimum absolute atomic E-state index is 0.0922. The Labute approximate surface area is 202 Å². The lowest BCUT2D eigenvalue weighted by Gasteiger charge is -2.28. The predicted octanol–water partition coefficient (Wildman–Crippen LogP) is 1.40. The first-order valence-electron chi connectivity index (χ1n) is 11.4. The predicted molar refractivity (Wildman–Crippen MR) is 122 cm³/mol. The number of hydrogen-bond acceptors (Lipinski definition) is 6. The van der Waals surface area contributed by atoms with Crippen molar-refractivity contribution < 1.29 is 33.5 Å². The molecule has 1 fully saturated rings. The minimum atomic E-state index is -0.858. The number of rotatable bonds is 7. The normalized spacial score (nSPS) is 18.7. The van der Waals surface area contributed by atoms with Crippen LogP contribution in [0, 0.1) is 0 Å². The van der Waals surface area contributed by atoms with Crippen molar-refractivity contribution in [2.24, 2.45) is 0 Å². The second-order valence-corrected chi connectivity index (χ2v) is 8.28. The van der Waals surface area contributed by atoms with E-state index in [1.807, 2.05) is 17.1 Å². The largest absolute Gasteiger partial charge is 0.872 e. The fourth-order valence-electron chi connectivity index (χ4n) is 4.54. The molecule has 1 amide bonds. The Bertz CT molecular complexity index is 1280. The van der Waals surface area contributed by atoms with Crippen LogP contribution in [0.4, 0.5) is 0 Å². The number of carbonyl (C=O) groups is 2. The zero-order valence-corrected chi connectivity index (χ0v) is 19.2. The van der Waals surface area contributed by atoms with E-state index in [-0.39, 0.29) is 11.1 Å². The summed E-state index contributed by atoms with van der Waals surface area (Å²) >= 11 is 0. The molecule has 1 aromatic heterocycles. The molecular weight excluding hydrogens is 450 g/mol. The van der Waals surface area contributed by atoms with Gasteiger partial charge in [0.25, 0.3) is 5.91 Å². The Morgan fingerprint density at radius 2 is 1.97 bits per heavy atom. The summed E-state index contributed by atoms with van der Waals surface area (Å²) in [5, 5.41) is 13.7. The summed E-state index contributed by atoms with van der Waals surface area (Å²) in [4.78, 5) is 30.9. The number of aromatic amines is 1. The van der Waals surface area contributed by atoms with Gasteiger partial charge in [-0.1, -0.05) is 30.0 Å². The van der Waals surface area contributed by atoms with Crippen molar-refractivity contribution in [3.05, 3.63) is 77.9 Å². The second-order valence-electron chi connectivity index (χ2n) is 8.28. The van der Waals surface area contributed by atoms with E-state index >= 15 is 0 Å².